The van der Waals surface area contributed by atoms with Crippen molar-refractivity contribution < 1.29 is 9.53 Å². The fourth-order valence-electron chi connectivity index (χ4n) is 2.55. The number of nitrogens with zero attached hydrogens (tertiary/aromatic N) is 4. The molecule has 1 N–H and O–H groups in total. The second-order valence-corrected chi connectivity index (χ2v) is 6.51. The number of ether oxygens (including phenoxy) is 1. The minimum atomic E-state index is -0.00855. The van der Waals surface area contributed by atoms with E-state index in [0.717, 1.165) is 38.7 Å². The highest BCUT2D eigenvalue weighted by Gasteiger charge is 2.17. The largest absolute Gasteiger partial charge is 0.381 e. The Morgan fingerprint density at radius 1 is 1.44 bits per heavy atom. The number of guanidine groups is 1. The van der Waals surface area contributed by atoms with E-state index in [9.17, 15) is 4.79 Å². The van der Waals surface area contributed by atoms with Gasteiger partial charge in [0.05, 0.1) is 13.2 Å². The summed E-state index contributed by atoms with van der Waals surface area (Å²) in [6.07, 6.45) is 3.09. The second-order valence-electron chi connectivity index (χ2n) is 6.51. The third kappa shape index (κ3) is 6.85. The molecule has 0 radical (unpaired) electrons. The Kier molecular flexibility index (Phi) is 9.26. The van der Waals surface area contributed by atoms with Crippen LogP contribution in [0.5, 0.6) is 0 Å². The Balaban J connectivity index is 0.00000312. The van der Waals surface area contributed by atoms with Gasteiger partial charge in [-0.3, -0.25) is 4.79 Å². The van der Waals surface area contributed by atoms with Crippen LogP contribution in [0.15, 0.2) is 23.3 Å². The van der Waals surface area contributed by atoms with Crippen molar-refractivity contribution >= 4 is 35.8 Å². The normalized spacial score (nSPS) is 17.1. The maximum atomic E-state index is 11.8. The number of rotatable bonds is 6. The topological polar surface area (TPSA) is 62.1 Å². The van der Waals surface area contributed by atoms with Crippen LogP contribution < -0.4 is 5.32 Å². The number of hydrogen-bond acceptors (Lipinski definition) is 3. The number of aliphatic imine (C=N–C) groups is 1. The van der Waals surface area contributed by atoms with Gasteiger partial charge in [0.2, 0.25) is 5.91 Å². The van der Waals surface area contributed by atoms with Crippen molar-refractivity contribution in [2.75, 3.05) is 47.4 Å². The molecule has 7 nitrogen and oxygen atoms in total. The Bertz CT molecular complexity index is 567. The first-order valence-electron chi connectivity index (χ1n) is 8.35. The van der Waals surface area contributed by atoms with Crippen molar-refractivity contribution in [1.29, 1.82) is 0 Å². The van der Waals surface area contributed by atoms with Crippen LogP contribution in [0.1, 0.15) is 12.1 Å². The van der Waals surface area contributed by atoms with Crippen molar-refractivity contribution in [3.63, 3.8) is 0 Å². The summed E-state index contributed by atoms with van der Waals surface area (Å²) in [6, 6.07) is 4.11. The van der Waals surface area contributed by atoms with Gasteiger partial charge in [-0.15, -0.1) is 24.0 Å². The predicted molar refractivity (Wildman–Crippen MR) is 110 cm³/mol. The molecule has 1 unspecified atom stereocenters. The standard InChI is InChI=1S/C17H29N5O2.HI/c1-20(2)16(23)11-19-17(18-10-14-7-9-24-13-14)22(4)12-15-6-5-8-21(15)3;/h5-6,8,14H,7,9-13H2,1-4H3,(H,18,19);1H. The fraction of sp³-hybridized carbons (Fsp3) is 0.647. The lowest BCUT2D eigenvalue weighted by molar-refractivity contribution is -0.127. The van der Waals surface area contributed by atoms with Crippen LogP contribution in [0.25, 0.3) is 0 Å². The van der Waals surface area contributed by atoms with Crippen LogP contribution in [-0.4, -0.2) is 73.7 Å². The lowest BCUT2D eigenvalue weighted by Crippen LogP contribution is -2.42. The lowest BCUT2D eigenvalue weighted by atomic mass is 10.1. The van der Waals surface area contributed by atoms with Crippen molar-refractivity contribution in [3.8, 4) is 0 Å². The highest BCUT2D eigenvalue weighted by molar-refractivity contribution is 14.0. The van der Waals surface area contributed by atoms with Gasteiger partial charge in [0.15, 0.2) is 5.96 Å². The highest BCUT2D eigenvalue weighted by atomic mass is 127. The van der Waals surface area contributed by atoms with Crippen molar-refractivity contribution in [3.05, 3.63) is 24.0 Å². The first kappa shape index (κ1) is 21.8. The van der Waals surface area contributed by atoms with E-state index in [2.05, 4.69) is 20.9 Å². The zero-order chi connectivity index (χ0) is 17.5. The molecule has 0 aliphatic carbocycles. The van der Waals surface area contributed by atoms with E-state index in [1.54, 1.807) is 19.0 Å². The zero-order valence-corrected chi connectivity index (χ0v) is 17.9. The molecular formula is C17H30IN5O2. The SMILES string of the molecule is CN(C)C(=O)CN=C(NCC1CCOC1)N(C)Cc1cccn1C.I. The van der Waals surface area contributed by atoms with Crippen LogP contribution in [-0.2, 0) is 23.1 Å². The Morgan fingerprint density at radius 2 is 2.20 bits per heavy atom. The highest BCUT2D eigenvalue weighted by Crippen LogP contribution is 2.11. The summed E-state index contributed by atoms with van der Waals surface area (Å²) in [5.74, 6) is 1.24. The zero-order valence-electron chi connectivity index (χ0n) is 15.6. The predicted octanol–water partition coefficient (Wildman–Crippen LogP) is 1.15. The van der Waals surface area contributed by atoms with Gasteiger partial charge in [0.1, 0.15) is 6.54 Å². The summed E-state index contributed by atoms with van der Waals surface area (Å²) in [4.78, 5) is 20.0. The van der Waals surface area contributed by atoms with Gasteiger partial charge < -0.3 is 24.4 Å². The Hall–Kier alpha value is -1.29. The number of halogens is 1. The van der Waals surface area contributed by atoms with Gasteiger partial charge in [-0.05, 0) is 18.6 Å². The molecule has 1 atom stereocenters. The number of aromatic nitrogens is 1. The third-order valence-corrected chi connectivity index (χ3v) is 4.25. The van der Waals surface area contributed by atoms with Gasteiger partial charge in [-0.25, -0.2) is 4.99 Å². The van der Waals surface area contributed by atoms with E-state index in [4.69, 9.17) is 4.74 Å². The molecule has 0 spiro atoms. The number of amides is 1. The first-order valence-corrected chi connectivity index (χ1v) is 8.35. The third-order valence-electron chi connectivity index (χ3n) is 4.25. The molecule has 142 valence electrons. The smallest absolute Gasteiger partial charge is 0.243 e. The van der Waals surface area contributed by atoms with Gasteiger partial charge in [0.25, 0.3) is 0 Å². The summed E-state index contributed by atoms with van der Waals surface area (Å²) in [5, 5.41) is 3.40. The van der Waals surface area contributed by atoms with Crippen LogP contribution >= 0.6 is 24.0 Å². The van der Waals surface area contributed by atoms with Crippen LogP contribution in [0.4, 0.5) is 0 Å². The number of likely N-dealkylation sites (N-methyl/N-ethyl adjacent to an activating group) is 1. The molecule has 1 amide bonds. The number of carbonyl (C=O) groups excluding carboxylic acids is 1. The van der Waals surface area contributed by atoms with E-state index in [1.165, 1.54) is 5.69 Å². The first-order chi connectivity index (χ1) is 11.5. The molecule has 25 heavy (non-hydrogen) atoms. The number of aryl methyl sites for hydroxylation is 1. The lowest BCUT2D eigenvalue weighted by Gasteiger charge is -2.24. The Labute approximate surface area is 167 Å². The van der Waals surface area contributed by atoms with Crippen molar-refractivity contribution in [1.82, 2.24) is 19.7 Å². The van der Waals surface area contributed by atoms with E-state index >= 15 is 0 Å². The summed E-state index contributed by atoms with van der Waals surface area (Å²) in [6.45, 7) is 3.31. The molecule has 1 fully saturated rings. The molecule has 1 aromatic rings. The molecule has 1 aliphatic rings. The van der Waals surface area contributed by atoms with Gasteiger partial charge in [-0.1, -0.05) is 0 Å². The maximum Gasteiger partial charge on any atom is 0.243 e. The van der Waals surface area contributed by atoms with E-state index < -0.39 is 0 Å². The average Bonchev–Trinajstić information content (AvgIpc) is 3.19. The van der Waals surface area contributed by atoms with Crippen molar-refractivity contribution in [2.45, 2.75) is 13.0 Å². The van der Waals surface area contributed by atoms with Crippen LogP contribution in [0.2, 0.25) is 0 Å². The summed E-state index contributed by atoms with van der Waals surface area (Å²) in [7, 11) is 7.51. The number of carbonyl (C=O) groups is 1. The minimum Gasteiger partial charge on any atom is -0.381 e. The minimum absolute atomic E-state index is 0. The Morgan fingerprint density at radius 3 is 2.76 bits per heavy atom. The molecule has 1 aliphatic heterocycles. The van der Waals surface area contributed by atoms with E-state index in [-0.39, 0.29) is 36.4 Å². The average molecular weight is 463 g/mol. The van der Waals surface area contributed by atoms with Gasteiger partial charge in [0, 0.05) is 59.2 Å². The van der Waals surface area contributed by atoms with E-state index in [1.807, 2.05) is 31.3 Å². The number of nitrogens with one attached hydrogen (secondary N) is 1. The summed E-state index contributed by atoms with van der Waals surface area (Å²) >= 11 is 0. The maximum absolute atomic E-state index is 11.8. The van der Waals surface area contributed by atoms with Gasteiger partial charge >= 0.3 is 0 Å². The molecule has 0 bridgehead atoms. The van der Waals surface area contributed by atoms with Crippen LogP contribution in [0, 0.1) is 5.92 Å². The second kappa shape index (κ2) is 10.6. The fourth-order valence-corrected chi connectivity index (χ4v) is 2.55. The molecule has 1 aromatic heterocycles. The van der Waals surface area contributed by atoms with Gasteiger partial charge in [-0.2, -0.15) is 0 Å². The number of hydrogen-bond donors (Lipinski definition) is 1. The van der Waals surface area contributed by atoms with Crippen molar-refractivity contribution in [2.24, 2.45) is 18.0 Å². The van der Waals surface area contributed by atoms with E-state index in [0.29, 0.717) is 5.92 Å². The molecular weight excluding hydrogens is 433 g/mol. The molecule has 0 aromatic carbocycles. The molecule has 8 heteroatoms. The summed E-state index contributed by atoms with van der Waals surface area (Å²) < 4.78 is 7.51. The summed E-state index contributed by atoms with van der Waals surface area (Å²) in [5.41, 5.74) is 1.19. The van der Waals surface area contributed by atoms with Crippen LogP contribution in [0.3, 0.4) is 0 Å². The molecule has 0 saturated carbocycles. The molecule has 1 saturated heterocycles. The monoisotopic (exact) mass is 463 g/mol. The molecule has 2 rings (SSSR count). The molecule has 2 heterocycles. The quantitative estimate of drug-likeness (QED) is 0.391.